The van der Waals surface area contributed by atoms with Crippen molar-refractivity contribution >= 4 is 5.69 Å². The Hall–Kier alpha value is -2.10. The summed E-state index contributed by atoms with van der Waals surface area (Å²) in [5.74, 6) is 0.858. The van der Waals surface area contributed by atoms with Crippen LogP contribution in [0, 0.1) is 6.92 Å². The lowest BCUT2D eigenvalue weighted by atomic mass is 10.1. The van der Waals surface area contributed by atoms with Gasteiger partial charge in [0.1, 0.15) is 12.1 Å². The molecule has 0 amide bonds. The molecule has 0 atom stereocenters. The third kappa shape index (κ3) is 1.82. The van der Waals surface area contributed by atoms with Crippen molar-refractivity contribution in [2.75, 3.05) is 12.8 Å². The minimum Gasteiger partial charge on any atom is -0.496 e. The maximum absolute atomic E-state index is 5.82. The molecule has 0 saturated carbocycles. The number of aromatic nitrogens is 2. The van der Waals surface area contributed by atoms with Gasteiger partial charge >= 0.3 is 0 Å². The van der Waals surface area contributed by atoms with Crippen LogP contribution in [0.2, 0.25) is 0 Å². The van der Waals surface area contributed by atoms with Gasteiger partial charge in [0.05, 0.1) is 24.7 Å². The van der Waals surface area contributed by atoms with Crippen LogP contribution in [0.25, 0.3) is 11.3 Å². The Bertz CT molecular complexity index is 511. The molecule has 0 saturated heterocycles. The number of hydrogen-bond acceptors (Lipinski definition) is 4. The first kappa shape index (κ1) is 10.4. The molecule has 4 nitrogen and oxygen atoms in total. The van der Waals surface area contributed by atoms with Gasteiger partial charge in [-0.15, -0.1) is 0 Å². The molecule has 0 radical (unpaired) electrons. The molecule has 2 aromatic rings. The Kier molecular flexibility index (Phi) is 2.72. The highest BCUT2D eigenvalue weighted by Gasteiger charge is 2.06. The molecule has 0 aliphatic heterocycles. The van der Waals surface area contributed by atoms with Crippen molar-refractivity contribution in [1.82, 2.24) is 9.97 Å². The first-order chi connectivity index (χ1) is 7.72. The largest absolute Gasteiger partial charge is 0.496 e. The van der Waals surface area contributed by atoms with E-state index in [0.29, 0.717) is 5.69 Å². The maximum atomic E-state index is 5.82. The van der Waals surface area contributed by atoms with Crippen molar-refractivity contribution in [1.29, 1.82) is 0 Å². The van der Waals surface area contributed by atoms with Crippen LogP contribution in [0.5, 0.6) is 5.75 Å². The van der Waals surface area contributed by atoms with Gasteiger partial charge in [0.15, 0.2) is 0 Å². The van der Waals surface area contributed by atoms with E-state index in [1.165, 1.54) is 6.33 Å². The monoisotopic (exact) mass is 215 g/mol. The molecule has 1 aromatic carbocycles. The summed E-state index contributed by atoms with van der Waals surface area (Å²) < 4.78 is 5.20. The molecule has 2 rings (SSSR count). The van der Waals surface area contributed by atoms with Gasteiger partial charge in [-0.25, -0.2) is 9.97 Å². The highest BCUT2D eigenvalue weighted by atomic mass is 16.5. The fourth-order valence-corrected chi connectivity index (χ4v) is 1.61. The van der Waals surface area contributed by atoms with Crippen LogP contribution >= 0.6 is 0 Å². The Morgan fingerprint density at radius 3 is 2.75 bits per heavy atom. The molecular weight excluding hydrogens is 202 g/mol. The lowest BCUT2D eigenvalue weighted by molar-refractivity contribution is 0.412. The molecule has 16 heavy (non-hydrogen) atoms. The van der Waals surface area contributed by atoms with Crippen LogP contribution < -0.4 is 10.5 Å². The SMILES string of the molecule is COc1ccc(-c2ncncc2N)cc1C. The third-order valence-corrected chi connectivity index (χ3v) is 2.41. The van der Waals surface area contributed by atoms with Crippen LogP contribution in [0.1, 0.15) is 5.56 Å². The summed E-state index contributed by atoms with van der Waals surface area (Å²) in [6.45, 7) is 1.99. The summed E-state index contributed by atoms with van der Waals surface area (Å²) >= 11 is 0. The molecule has 0 fully saturated rings. The summed E-state index contributed by atoms with van der Waals surface area (Å²) in [5, 5.41) is 0. The van der Waals surface area contributed by atoms with E-state index in [0.717, 1.165) is 22.6 Å². The Morgan fingerprint density at radius 2 is 2.12 bits per heavy atom. The summed E-state index contributed by atoms with van der Waals surface area (Å²) in [6.07, 6.45) is 3.09. The molecule has 0 spiro atoms. The number of nitrogens with two attached hydrogens (primary N) is 1. The van der Waals surface area contributed by atoms with Crippen molar-refractivity contribution in [3.63, 3.8) is 0 Å². The average Bonchev–Trinajstić information content (AvgIpc) is 2.29. The quantitative estimate of drug-likeness (QED) is 0.832. The highest BCUT2D eigenvalue weighted by molar-refractivity contribution is 5.72. The van der Waals surface area contributed by atoms with E-state index < -0.39 is 0 Å². The number of hydrogen-bond donors (Lipinski definition) is 1. The van der Waals surface area contributed by atoms with E-state index in [1.54, 1.807) is 13.3 Å². The van der Waals surface area contributed by atoms with Gasteiger partial charge in [-0.2, -0.15) is 0 Å². The summed E-state index contributed by atoms with van der Waals surface area (Å²) in [7, 11) is 1.65. The first-order valence-corrected chi connectivity index (χ1v) is 4.93. The Balaban J connectivity index is 2.50. The molecule has 0 aliphatic rings. The molecule has 0 unspecified atom stereocenters. The molecule has 0 bridgehead atoms. The van der Waals surface area contributed by atoms with Crippen molar-refractivity contribution in [2.24, 2.45) is 0 Å². The van der Waals surface area contributed by atoms with Gasteiger partial charge < -0.3 is 10.5 Å². The molecular formula is C12H13N3O. The molecule has 1 heterocycles. The van der Waals surface area contributed by atoms with Crippen molar-refractivity contribution < 1.29 is 4.74 Å². The van der Waals surface area contributed by atoms with E-state index in [4.69, 9.17) is 10.5 Å². The summed E-state index contributed by atoms with van der Waals surface area (Å²) in [5.41, 5.74) is 9.17. The Labute approximate surface area is 94.1 Å². The minimum absolute atomic E-state index is 0.576. The van der Waals surface area contributed by atoms with E-state index in [9.17, 15) is 0 Å². The van der Waals surface area contributed by atoms with Crippen LogP contribution in [-0.4, -0.2) is 17.1 Å². The summed E-state index contributed by atoms with van der Waals surface area (Å²) in [4.78, 5) is 8.03. The first-order valence-electron chi connectivity index (χ1n) is 4.93. The number of ether oxygens (including phenoxy) is 1. The zero-order valence-corrected chi connectivity index (χ0v) is 9.27. The van der Waals surface area contributed by atoms with Crippen molar-refractivity contribution in [2.45, 2.75) is 6.92 Å². The standard InChI is InChI=1S/C12H13N3O/c1-8-5-9(3-4-11(8)16-2)12-10(13)6-14-7-15-12/h3-7H,13H2,1-2H3. The van der Waals surface area contributed by atoms with Gasteiger partial charge in [-0.1, -0.05) is 0 Å². The van der Waals surface area contributed by atoms with Crippen LogP contribution in [0.3, 0.4) is 0 Å². The van der Waals surface area contributed by atoms with Gasteiger partial charge in [0, 0.05) is 5.56 Å². The summed E-state index contributed by atoms with van der Waals surface area (Å²) in [6, 6.07) is 5.84. The number of rotatable bonds is 2. The van der Waals surface area contributed by atoms with E-state index >= 15 is 0 Å². The van der Waals surface area contributed by atoms with Crippen LogP contribution in [-0.2, 0) is 0 Å². The van der Waals surface area contributed by atoms with Gasteiger partial charge in [-0.3, -0.25) is 0 Å². The number of methoxy groups -OCH3 is 1. The normalized spacial score (nSPS) is 10.1. The molecule has 82 valence electrons. The lowest BCUT2D eigenvalue weighted by Gasteiger charge is -2.08. The van der Waals surface area contributed by atoms with Gasteiger partial charge in [0.2, 0.25) is 0 Å². The smallest absolute Gasteiger partial charge is 0.121 e. The van der Waals surface area contributed by atoms with Gasteiger partial charge in [-0.05, 0) is 30.7 Å². The maximum Gasteiger partial charge on any atom is 0.121 e. The van der Waals surface area contributed by atoms with Crippen molar-refractivity contribution in [3.05, 3.63) is 36.3 Å². The number of nitrogens with zero attached hydrogens (tertiary/aromatic N) is 2. The van der Waals surface area contributed by atoms with Gasteiger partial charge in [0.25, 0.3) is 0 Å². The second-order valence-corrected chi connectivity index (χ2v) is 3.51. The van der Waals surface area contributed by atoms with E-state index in [1.807, 2.05) is 25.1 Å². The average molecular weight is 215 g/mol. The molecule has 1 aromatic heterocycles. The fraction of sp³-hybridized carbons (Fsp3) is 0.167. The minimum atomic E-state index is 0.576. The van der Waals surface area contributed by atoms with Crippen LogP contribution in [0.15, 0.2) is 30.7 Å². The number of aryl methyl sites for hydroxylation is 1. The lowest BCUT2D eigenvalue weighted by Crippen LogP contribution is -1.95. The van der Waals surface area contributed by atoms with E-state index in [2.05, 4.69) is 9.97 Å². The molecule has 0 aliphatic carbocycles. The topological polar surface area (TPSA) is 61.0 Å². The second-order valence-electron chi connectivity index (χ2n) is 3.51. The zero-order chi connectivity index (χ0) is 11.5. The second kappa shape index (κ2) is 4.18. The Morgan fingerprint density at radius 1 is 1.31 bits per heavy atom. The predicted octanol–water partition coefficient (Wildman–Crippen LogP) is 2.04. The van der Waals surface area contributed by atoms with Crippen LogP contribution in [0.4, 0.5) is 5.69 Å². The molecule has 4 heteroatoms. The third-order valence-electron chi connectivity index (χ3n) is 2.41. The number of nitrogen functional groups attached to an aromatic ring is 1. The number of benzene rings is 1. The number of anilines is 1. The van der Waals surface area contributed by atoms with Crippen molar-refractivity contribution in [3.8, 4) is 17.0 Å². The zero-order valence-electron chi connectivity index (χ0n) is 9.27. The fourth-order valence-electron chi connectivity index (χ4n) is 1.61. The predicted molar refractivity (Wildman–Crippen MR) is 63.2 cm³/mol. The highest BCUT2D eigenvalue weighted by Crippen LogP contribution is 2.27. The van der Waals surface area contributed by atoms with E-state index in [-0.39, 0.29) is 0 Å². The molecule has 2 N–H and O–H groups in total.